The summed E-state index contributed by atoms with van der Waals surface area (Å²) in [5.41, 5.74) is 4.57. The molecule has 3 N–H and O–H groups in total. The van der Waals surface area contributed by atoms with Gasteiger partial charge in [-0.15, -0.1) is 11.6 Å². The first kappa shape index (κ1) is 11.7. The Bertz CT molecular complexity index is 304. The van der Waals surface area contributed by atoms with Gasteiger partial charge in [-0.2, -0.15) is 0 Å². The van der Waals surface area contributed by atoms with Gasteiger partial charge in [0, 0.05) is 6.38 Å². The lowest BCUT2D eigenvalue weighted by Crippen LogP contribution is -2.02. The van der Waals surface area contributed by atoms with Crippen LogP contribution < -0.4 is 5.73 Å². The van der Waals surface area contributed by atoms with Crippen LogP contribution in [0.4, 0.5) is 10.1 Å². The first-order chi connectivity index (χ1) is 6.13. The summed E-state index contributed by atoms with van der Waals surface area (Å²) < 4.78 is 12.7. The van der Waals surface area contributed by atoms with Crippen molar-refractivity contribution in [3.05, 3.63) is 29.6 Å². The van der Waals surface area contributed by atoms with E-state index < -0.39 is 17.3 Å². The van der Waals surface area contributed by atoms with Crippen molar-refractivity contribution in [3.8, 4) is 0 Å². The molecule has 1 aromatic rings. The molecule has 13 heavy (non-hydrogen) atoms. The zero-order valence-corrected chi connectivity index (χ0v) is 7.68. The van der Waals surface area contributed by atoms with Crippen LogP contribution in [0.1, 0.15) is 10.4 Å². The van der Waals surface area contributed by atoms with Gasteiger partial charge in [-0.3, -0.25) is 0 Å². The van der Waals surface area contributed by atoms with E-state index in [-0.39, 0.29) is 5.69 Å². The predicted molar refractivity (Wildman–Crippen MR) is 49.5 cm³/mol. The van der Waals surface area contributed by atoms with Crippen LogP contribution in [0, 0.1) is 5.82 Å². The number of carboxylic acids is 1. The van der Waals surface area contributed by atoms with E-state index in [0.29, 0.717) is 0 Å². The maximum Gasteiger partial charge on any atom is 0.338 e. The van der Waals surface area contributed by atoms with Gasteiger partial charge in [0.25, 0.3) is 0 Å². The Labute approximate surface area is 79.9 Å². The van der Waals surface area contributed by atoms with Crippen LogP contribution in [0.2, 0.25) is 0 Å². The number of halogens is 2. The third-order valence-electron chi connectivity index (χ3n) is 1.26. The number of rotatable bonds is 1. The van der Waals surface area contributed by atoms with Crippen molar-refractivity contribution in [3.63, 3.8) is 0 Å². The van der Waals surface area contributed by atoms with Crippen LogP contribution in [0.25, 0.3) is 0 Å². The maximum absolute atomic E-state index is 12.7. The third-order valence-corrected chi connectivity index (χ3v) is 1.26. The fourth-order valence-electron chi connectivity index (χ4n) is 0.715. The fourth-order valence-corrected chi connectivity index (χ4v) is 0.715. The van der Waals surface area contributed by atoms with Crippen LogP contribution >= 0.6 is 11.6 Å². The topological polar surface area (TPSA) is 63.3 Å². The summed E-state index contributed by atoms with van der Waals surface area (Å²) in [7, 11) is 0. The van der Waals surface area contributed by atoms with Crippen molar-refractivity contribution >= 4 is 23.3 Å². The highest BCUT2D eigenvalue weighted by Crippen LogP contribution is 2.13. The molecule has 0 aliphatic rings. The number of carbonyl (C=O) groups is 1. The van der Waals surface area contributed by atoms with Crippen molar-refractivity contribution in [2.24, 2.45) is 0 Å². The molecule has 0 spiro atoms. The molecule has 0 amide bonds. The highest BCUT2D eigenvalue weighted by Gasteiger charge is 2.10. The van der Waals surface area contributed by atoms with Gasteiger partial charge in [0.1, 0.15) is 0 Å². The molecule has 0 fully saturated rings. The normalized spacial score (nSPS) is 8.54. The van der Waals surface area contributed by atoms with Crippen molar-refractivity contribution in [1.82, 2.24) is 0 Å². The Hall–Kier alpha value is -1.29. The highest BCUT2D eigenvalue weighted by atomic mass is 35.5. The minimum atomic E-state index is -1.31. The molecule has 0 saturated carbocycles. The number of aromatic carboxylic acids is 1. The van der Waals surface area contributed by atoms with E-state index in [1.54, 1.807) is 0 Å². The monoisotopic (exact) mass is 205 g/mol. The van der Waals surface area contributed by atoms with E-state index in [1.165, 1.54) is 18.5 Å². The average Bonchev–Trinajstić information content (AvgIpc) is 2.13. The van der Waals surface area contributed by atoms with Crippen molar-refractivity contribution < 1.29 is 14.3 Å². The summed E-state index contributed by atoms with van der Waals surface area (Å²) in [6, 6.07) is 3.86. The number of hydrogen-bond donors (Lipinski definition) is 2. The van der Waals surface area contributed by atoms with Gasteiger partial charge in [0.15, 0.2) is 5.82 Å². The van der Waals surface area contributed by atoms with Gasteiger partial charge in [-0.25, -0.2) is 9.18 Å². The Morgan fingerprint density at radius 1 is 1.54 bits per heavy atom. The van der Waals surface area contributed by atoms with Crippen LogP contribution in [-0.4, -0.2) is 17.5 Å². The van der Waals surface area contributed by atoms with E-state index in [1.807, 2.05) is 0 Å². The number of nitrogen functional groups attached to an aromatic ring is 1. The molecular weight excluding hydrogens is 197 g/mol. The molecule has 1 rings (SSSR count). The Morgan fingerprint density at radius 3 is 2.46 bits per heavy atom. The summed E-state index contributed by atoms with van der Waals surface area (Å²) >= 11 is 4.64. The second kappa shape index (κ2) is 5.37. The van der Waals surface area contributed by atoms with Crippen molar-refractivity contribution in [2.75, 3.05) is 12.1 Å². The number of hydrogen-bond acceptors (Lipinski definition) is 2. The lowest BCUT2D eigenvalue weighted by atomic mass is 10.2. The van der Waals surface area contributed by atoms with Gasteiger partial charge >= 0.3 is 5.97 Å². The fraction of sp³-hybridized carbons (Fsp3) is 0.125. The number of carboxylic acid groups (broad SMARTS) is 1. The minimum Gasteiger partial charge on any atom is -0.478 e. The molecule has 0 aromatic heterocycles. The number of benzene rings is 1. The minimum absolute atomic E-state index is 0.148. The smallest absolute Gasteiger partial charge is 0.338 e. The van der Waals surface area contributed by atoms with Crippen LogP contribution in [0.3, 0.4) is 0 Å². The zero-order valence-electron chi connectivity index (χ0n) is 6.92. The molecule has 0 atom stereocenters. The summed E-state index contributed by atoms with van der Waals surface area (Å²) in [4.78, 5) is 10.3. The number of alkyl halides is 1. The van der Waals surface area contributed by atoms with Gasteiger partial charge in [0.2, 0.25) is 0 Å². The molecule has 0 saturated heterocycles. The molecule has 72 valence electrons. The first-order valence-electron chi connectivity index (χ1n) is 3.28. The van der Waals surface area contributed by atoms with Crippen LogP contribution in [-0.2, 0) is 0 Å². The van der Waals surface area contributed by atoms with Crippen molar-refractivity contribution in [1.29, 1.82) is 0 Å². The molecule has 0 bridgehead atoms. The quantitative estimate of drug-likeness (QED) is 0.544. The second-order valence-electron chi connectivity index (χ2n) is 2.01. The van der Waals surface area contributed by atoms with E-state index in [9.17, 15) is 9.18 Å². The molecule has 5 heteroatoms. The maximum atomic E-state index is 12.7. The predicted octanol–water partition coefficient (Wildman–Crippen LogP) is 1.96. The summed E-state index contributed by atoms with van der Waals surface area (Å²) in [5.74, 6) is -2.19. The van der Waals surface area contributed by atoms with E-state index in [2.05, 4.69) is 11.6 Å². The summed E-state index contributed by atoms with van der Waals surface area (Å²) in [5, 5.41) is 8.39. The largest absolute Gasteiger partial charge is 0.478 e. The van der Waals surface area contributed by atoms with Crippen molar-refractivity contribution in [2.45, 2.75) is 0 Å². The van der Waals surface area contributed by atoms with Gasteiger partial charge in [-0.1, -0.05) is 6.07 Å². The van der Waals surface area contributed by atoms with Gasteiger partial charge in [0.05, 0.1) is 11.3 Å². The van der Waals surface area contributed by atoms with E-state index >= 15 is 0 Å². The molecule has 1 aromatic carbocycles. The third kappa shape index (κ3) is 2.91. The molecule has 0 heterocycles. The molecular formula is C8H9ClFNO2. The Morgan fingerprint density at radius 2 is 2.08 bits per heavy atom. The summed E-state index contributed by atoms with van der Waals surface area (Å²) in [6.07, 6.45) is 1.47. The molecule has 0 aliphatic heterocycles. The Balaban J connectivity index is 0.000000671. The number of anilines is 1. The zero-order chi connectivity index (χ0) is 10.4. The highest BCUT2D eigenvalue weighted by molar-refractivity contribution is 6.15. The summed E-state index contributed by atoms with van der Waals surface area (Å²) in [6.45, 7) is 0. The second-order valence-corrected chi connectivity index (χ2v) is 2.01. The first-order valence-corrected chi connectivity index (χ1v) is 4.03. The molecule has 0 unspecified atom stereocenters. The van der Waals surface area contributed by atoms with E-state index in [0.717, 1.165) is 6.07 Å². The van der Waals surface area contributed by atoms with Gasteiger partial charge < -0.3 is 10.8 Å². The Kier molecular flexibility index (Phi) is 4.84. The van der Waals surface area contributed by atoms with Crippen LogP contribution in [0.15, 0.2) is 18.2 Å². The molecule has 3 nitrogen and oxygen atoms in total. The standard InChI is InChI=1S/C7H6FNO2.CH3Cl/c8-6-4(7(10)11)2-1-3-5(6)9;1-2/h1-3H,9H2,(H,10,11);1H3. The lowest BCUT2D eigenvalue weighted by molar-refractivity contribution is 0.0692. The van der Waals surface area contributed by atoms with E-state index in [4.69, 9.17) is 10.8 Å². The molecule has 0 radical (unpaired) electrons. The SMILES string of the molecule is CCl.Nc1cccc(C(=O)O)c1F. The molecule has 0 aliphatic carbocycles. The lowest BCUT2D eigenvalue weighted by Gasteiger charge is -1.98. The number of nitrogens with two attached hydrogens (primary N) is 1. The average molecular weight is 206 g/mol. The van der Waals surface area contributed by atoms with Gasteiger partial charge in [-0.05, 0) is 12.1 Å². The van der Waals surface area contributed by atoms with Crippen LogP contribution in [0.5, 0.6) is 0 Å².